The maximum atomic E-state index is 9.64. The molecule has 0 unspecified atom stereocenters. The van der Waals surface area contributed by atoms with Crippen LogP contribution in [0.25, 0.3) is 0 Å². The van der Waals surface area contributed by atoms with Crippen LogP contribution in [0.1, 0.15) is 45.0 Å². The molecule has 0 aliphatic rings. The lowest BCUT2D eigenvalue weighted by atomic mass is 9.79. The molecule has 0 saturated carbocycles. The molecular weight excluding hydrogens is 280 g/mol. The Morgan fingerprint density at radius 1 is 1.29 bits per heavy atom. The van der Waals surface area contributed by atoms with Crippen molar-refractivity contribution in [3.05, 3.63) is 15.9 Å². The zero-order valence-electron chi connectivity index (χ0n) is 11.3. The molecule has 0 atom stereocenters. The van der Waals surface area contributed by atoms with Gasteiger partial charge in [0.2, 0.25) is 0 Å². The number of hydrogen-bond acceptors (Lipinski definition) is 2. The van der Waals surface area contributed by atoms with Gasteiger partial charge < -0.3 is 5.11 Å². The molecule has 0 fully saturated rings. The van der Waals surface area contributed by atoms with Crippen molar-refractivity contribution in [3.8, 4) is 0 Å². The summed E-state index contributed by atoms with van der Waals surface area (Å²) in [5.41, 5.74) is 2.28. The average molecular weight is 303 g/mol. The van der Waals surface area contributed by atoms with Gasteiger partial charge in [0.05, 0.1) is 15.9 Å². The Morgan fingerprint density at radius 2 is 1.88 bits per heavy atom. The lowest BCUT2D eigenvalue weighted by Gasteiger charge is -2.29. The number of aromatic nitrogens is 2. The van der Waals surface area contributed by atoms with Crippen LogP contribution in [0, 0.1) is 5.41 Å². The SMILES string of the molecule is CCc1nn(C)c(CC(CC)(CC)CO)c1Br. The maximum Gasteiger partial charge on any atom is 0.0766 e. The molecule has 0 amide bonds. The van der Waals surface area contributed by atoms with Gasteiger partial charge in [-0.3, -0.25) is 4.68 Å². The Hall–Kier alpha value is -0.350. The Balaban J connectivity index is 3.05. The third-order valence-corrected chi connectivity index (χ3v) is 4.80. The van der Waals surface area contributed by atoms with Crippen LogP contribution in [-0.2, 0) is 19.9 Å². The number of hydrogen-bond donors (Lipinski definition) is 1. The lowest BCUT2D eigenvalue weighted by molar-refractivity contribution is 0.113. The standard InChI is InChI=1S/C13H23BrN2O/c1-5-10-12(14)11(16(4)15-10)8-13(6-2,7-3)9-17/h17H,5-9H2,1-4H3. The summed E-state index contributed by atoms with van der Waals surface area (Å²) in [6.07, 6.45) is 3.78. The second kappa shape index (κ2) is 6.01. The molecule has 0 bridgehead atoms. The van der Waals surface area contributed by atoms with Crippen LogP contribution >= 0.6 is 15.9 Å². The number of aliphatic hydroxyl groups is 1. The van der Waals surface area contributed by atoms with Gasteiger partial charge in [0, 0.05) is 13.7 Å². The second-order valence-electron chi connectivity index (χ2n) is 4.73. The van der Waals surface area contributed by atoms with Crippen LogP contribution in [0.2, 0.25) is 0 Å². The molecule has 0 aromatic carbocycles. The molecule has 98 valence electrons. The van der Waals surface area contributed by atoms with Crippen LogP contribution in [-0.4, -0.2) is 21.5 Å². The van der Waals surface area contributed by atoms with Crippen molar-refractivity contribution in [1.29, 1.82) is 0 Å². The highest BCUT2D eigenvalue weighted by Gasteiger charge is 2.28. The van der Waals surface area contributed by atoms with Gasteiger partial charge in [-0.2, -0.15) is 5.10 Å². The molecule has 3 nitrogen and oxygen atoms in total. The van der Waals surface area contributed by atoms with Crippen molar-refractivity contribution in [3.63, 3.8) is 0 Å². The van der Waals surface area contributed by atoms with E-state index in [1.165, 1.54) is 5.69 Å². The molecule has 1 aromatic heterocycles. The predicted octanol–water partition coefficient (Wildman–Crippen LogP) is 3.09. The summed E-state index contributed by atoms with van der Waals surface area (Å²) in [6.45, 7) is 6.63. The molecule has 1 rings (SSSR count). The first-order valence-electron chi connectivity index (χ1n) is 6.34. The molecule has 0 aliphatic heterocycles. The molecule has 1 heterocycles. The van der Waals surface area contributed by atoms with Crippen molar-refractivity contribution < 1.29 is 5.11 Å². The zero-order chi connectivity index (χ0) is 13.1. The van der Waals surface area contributed by atoms with Crippen LogP contribution in [0.5, 0.6) is 0 Å². The Kier molecular flexibility index (Phi) is 5.20. The molecular formula is C13H23BrN2O. The Morgan fingerprint density at radius 3 is 2.24 bits per heavy atom. The first-order valence-corrected chi connectivity index (χ1v) is 7.14. The van der Waals surface area contributed by atoms with Crippen LogP contribution < -0.4 is 0 Å². The first kappa shape index (κ1) is 14.7. The molecule has 1 aromatic rings. The summed E-state index contributed by atoms with van der Waals surface area (Å²) < 4.78 is 3.06. The fraction of sp³-hybridized carbons (Fsp3) is 0.769. The van der Waals surface area contributed by atoms with E-state index in [0.29, 0.717) is 0 Å². The van der Waals surface area contributed by atoms with Gasteiger partial charge in [-0.25, -0.2) is 0 Å². The third-order valence-electron chi connectivity index (χ3n) is 3.88. The highest BCUT2D eigenvalue weighted by Crippen LogP contribution is 2.34. The van der Waals surface area contributed by atoms with Crippen LogP contribution in [0.3, 0.4) is 0 Å². The van der Waals surface area contributed by atoms with E-state index in [1.807, 2.05) is 11.7 Å². The average Bonchev–Trinajstić information content (AvgIpc) is 2.62. The van der Waals surface area contributed by atoms with E-state index >= 15 is 0 Å². The molecule has 0 aliphatic carbocycles. The molecule has 0 spiro atoms. The summed E-state index contributed by atoms with van der Waals surface area (Å²) in [5, 5.41) is 14.1. The third kappa shape index (κ3) is 2.91. The monoisotopic (exact) mass is 302 g/mol. The topological polar surface area (TPSA) is 38.0 Å². The van der Waals surface area contributed by atoms with Gasteiger partial charge in [-0.15, -0.1) is 0 Å². The molecule has 1 N–H and O–H groups in total. The van der Waals surface area contributed by atoms with E-state index in [-0.39, 0.29) is 12.0 Å². The van der Waals surface area contributed by atoms with Crippen LogP contribution in [0.4, 0.5) is 0 Å². The largest absolute Gasteiger partial charge is 0.396 e. The number of nitrogens with zero attached hydrogens (tertiary/aromatic N) is 2. The van der Waals surface area contributed by atoms with Gasteiger partial charge in [0.1, 0.15) is 0 Å². The highest BCUT2D eigenvalue weighted by atomic mass is 79.9. The van der Waals surface area contributed by atoms with Crippen molar-refractivity contribution in [1.82, 2.24) is 9.78 Å². The Labute approximate surface area is 112 Å². The van der Waals surface area contributed by atoms with E-state index in [1.54, 1.807) is 0 Å². The first-order chi connectivity index (χ1) is 8.03. The minimum atomic E-state index is -0.0126. The normalized spacial score (nSPS) is 12.1. The summed E-state index contributed by atoms with van der Waals surface area (Å²) in [7, 11) is 1.98. The van der Waals surface area contributed by atoms with Crippen LogP contribution in [0.15, 0.2) is 4.47 Å². The predicted molar refractivity (Wildman–Crippen MR) is 74.1 cm³/mol. The van der Waals surface area contributed by atoms with Crippen molar-refractivity contribution in [2.45, 2.75) is 46.5 Å². The fourth-order valence-electron chi connectivity index (χ4n) is 2.15. The van der Waals surface area contributed by atoms with E-state index in [0.717, 1.165) is 35.8 Å². The number of rotatable bonds is 6. The smallest absolute Gasteiger partial charge is 0.0766 e. The minimum absolute atomic E-state index is 0.0126. The Bertz CT molecular complexity index is 361. The van der Waals surface area contributed by atoms with E-state index in [4.69, 9.17) is 0 Å². The summed E-state index contributed by atoms with van der Waals surface area (Å²) in [6, 6.07) is 0. The van der Waals surface area contributed by atoms with Gasteiger partial charge in [-0.1, -0.05) is 20.8 Å². The number of aliphatic hydroxyl groups excluding tert-OH is 1. The van der Waals surface area contributed by atoms with Gasteiger partial charge in [0.15, 0.2) is 0 Å². The quantitative estimate of drug-likeness (QED) is 0.877. The van der Waals surface area contributed by atoms with Crippen molar-refractivity contribution in [2.75, 3.05) is 6.61 Å². The summed E-state index contributed by atoms with van der Waals surface area (Å²) in [4.78, 5) is 0. The summed E-state index contributed by atoms with van der Waals surface area (Å²) in [5.74, 6) is 0. The van der Waals surface area contributed by atoms with E-state index in [9.17, 15) is 5.11 Å². The molecule has 0 saturated heterocycles. The van der Waals surface area contributed by atoms with E-state index < -0.39 is 0 Å². The zero-order valence-corrected chi connectivity index (χ0v) is 12.8. The minimum Gasteiger partial charge on any atom is -0.396 e. The second-order valence-corrected chi connectivity index (χ2v) is 5.52. The number of aryl methyl sites for hydroxylation is 2. The van der Waals surface area contributed by atoms with Crippen molar-refractivity contribution in [2.24, 2.45) is 12.5 Å². The van der Waals surface area contributed by atoms with E-state index in [2.05, 4.69) is 41.8 Å². The molecule has 0 radical (unpaired) electrons. The fourth-order valence-corrected chi connectivity index (χ4v) is 2.90. The van der Waals surface area contributed by atoms with Gasteiger partial charge in [-0.05, 0) is 47.0 Å². The van der Waals surface area contributed by atoms with Gasteiger partial charge >= 0.3 is 0 Å². The molecule has 4 heteroatoms. The summed E-state index contributed by atoms with van der Waals surface area (Å²) >= 11 is 3.64. The number of halogens is 1. The lowest BCUT2D eigenvalue weighted by Crippen LogP contribution is -2.27. The van der Waals surface area contributed by atoms with Gasteiger partial charge in [0.25, 0.3) is 0 Å². The molecule has 17 heavy (non-hydrogen) atoms. The van der Waals surface area contributed by atoms with Crippen molar-refractivity contribution >= 4 is 15.9 Å². The highest BCUT2D eigenvalue weighted by molar-refractivity contribution is 9.10. The maximum absolute atomic E-state index is 9.64.